The third-order valence-corrected chi connectivity index (χ3v) is 4.15. The molecule has 1 aromatic rings. The number of carbonyl (C=O) groups excluding carboxylic acids is 2. The van der Waals surface area contributed by atoms with Crippen LogP contribution in [0.25, 0.3) is 0 Å². The summed E-state index contributed by atoms with van der Waals surface area (Å²) < 4.78 is 10.3. The molecule has 7 nitrogen and oxygen atoms in total. The van der Waals surface area contributed by atoms with Crippen LogP contribution in [0.5, 0.6) is 0 Å². The highest BCUT2D eigenvalue weighted by Crippen LogP contribution is 2.31. The van der Waals surface area contributed by atoms with Gasteiger partial charge in [0.05, 0.1) is 18.5 Å². The minimum absolute atomic E-state index is 0.0909. The van der Waals surface area contributed by atoms with Crippen molar-refractivity contribution in [1.82, 2.24) is 14.9 Å². The Morgan fingerprint density at radius 1 is 1.12 bits per heavy atom. The van der Waals surface area contributed by atoms with E-state index in [9.17, 15) is 9.59 Å². The number of rotatable bonds is 2. The van der Waals surface area contributed by atoms with Crippen LogP contribution in [0.2, 0.25) is 0 Å². The number of hydrogen-bond donors (Lipinski definition) is 0. The molecule has 1 aliphatic heterocycles. The molecule has 1 aliphatic rings. The van der Waals surface area contributed by atoms with Crippen molar-refractivity contribution in [1.29, 1.82) is 0 Å². The number of likely N-dealkylation sites (tertiary alicyclic amines) is 1. The zero-order valence-corrected chi connectivity index (χ0v) is 15.9. The van der Waals surface area contributed by atoms with Crippen molar-refractivity contribution < 1.29 is 19.1 Å². The first-order valence-electron chi connectivity index (χ1n) is 8.53. The SMILES string of the molecule is COC(=O)c1c(C)nc(C)nc1C1CCN(C(=O)OC(C)(C)C)CC1. The molecule has 0 saturated carbocycles. The Labute approximate surface area is 148 Å². The molecule has 0 spiro atoms. The number of nitrogens with zero attached hydrogens (tertiary/aromatic N) is 3. The van der Waals surface area contributed by atoms with Crippen LogP contribution in [-0.2, 0) is 9.47 Å². The molecular weight excluding hydrogens is 322 g/mol. The number of piperidine rings is 1. The van der Waals surface area contributed by atoms with E-state index in [0.717, 1.165) is 18.5 Å². The average molecular weight is 349 g/mol. The molecule has 1 fully saturated rings. The van der Waals surface area contributed by atoms with Gasteiger partial charge in [0, 0.05) is 19.0 Å². The van der Waals surface area contributed by atoms with Crippen LogP contribution in [-0.4, -0.2) is 52.7 Å². The maximum atomic E-state index is 12.2. The molecule has 1 amide bonds. The zero-order chi connectivity index (χ0) is 18.8. The first-order chi connectivity index (χ1) is 11.6. The number of esters is 1. The van der Waals surface area contributed by atoms with E-state index in [4.69, 9.17) is 9.47 Å². The molecule has 1 aromatic heterocycles. The second kappa shape index (κ2) is 7.37. The van der Waals surface area contributed by atoms with Gasteiger partial charge in [-0.1, -0.05) is 0 Å². The van der Waals surface area contributed by atoms with Crippen molar-refractivity contribution in [3.8, 4) is 0 Å². The van der Waals surface area contributed by atoms with Crippen LogP contribution in [0.4, 0.5) is 4.79 Å². The van der Waals surface area contributed by atoms with Crippen LogP contribution >= 0.6 is 0 Å². The molecule has 1 saturated heterocycles. The lowest BCUT2D eigenvalue weighted by molar-refractivity contribution is 0.0202. The predicted molar refractivity (Wildman–Crippen MR) is 92.6 cm³/mol. The second-order valence-electron chi connectivity index (χ2n) is 7.35. The van der Waals surface area contributed by atoms with Gasteiger partial charge in [-0.15, -0.1) is 0 Å². The van der Waals surface area contributed by atoms with E-state index in [-0.39, 0.29) is 12.0 Å². The van der Waals surface area contributed by atoms with Crippen molar-refractivity contribution >= 4 is 12.1 Å². The summed E-state index contributed by atoms with van der Waals surface area (Å²) in [5.41, 5.74) is 1.29. The number of aromatic nitrogens is 2. The number of ether oxygens (including phenoxy) is 2. The third-order valence-electron chi connectivity index (χ3n) is 4.15. The molecule has 138 valence electrons. The summed E-state index contributed by atoms with van der Waals surface area (Å²) in [4.78, 5) is 34.8. The fraction of sp³-hybridized carbons (Fsp3) is 0.667. The smallest absolute Gasteiger partial charge is 0.410 e. The van der Waals surface area contributed by atoms with Crippen molar-refractivity contribution in [3.05, 3.63) is 22.8 Å². The second-order valence-corrected chi connectivity index (χ2v) is 7.35. The maximum Gasteiger partial charge on any atom is 0.410 e. The van der Waals surface area contributed by atoms with Gasteiger partial charge in [-0.25, -0.2) is 19.6 Å². The fourth-order valence-corrected chi connectivity index (χ4v) is 3.05. The lowest BCUT2D eigenvalue weighted by atomic mass is 9.90. The van der Waals surface area contributed by atoms with E-state index < -0.39 is 11.6 Å². The highest BCUT2D eigenvalue weighted by molar-refractivity contribution is 5.91. The first-order valence-corrected chi connectivity index (χ1v) is 8.53. The first kappa shape index (κ1) is 19.1. The van der Waals surface area contributed by atoms with E-state index >= 15 is 0 Å². The summed E-state index contributed by atoms with van der Waals surface area (Å²) in [5, 5.41) is 0. The lowest BCUT2D eigenvalue weighted by Gasteiger charge is -2.33. The summed E-state index contributed by atoms with van der Waals surface area (Å²) in [5.74, 6) is 0.310. The molecule has 25 heavy (non-hydrogen) atoms. The highest BCUT2D eigenvalue weighted by atomic mass is 16.6. The molecule has 2 rings (SSSR count). The molecule has 0 aromatic carbocycles. The maximum absolute atomic E-state index is 12.2. The number of amides is 1. The predicted octanol–water partition coefficient (Wildman–Crippen LogP) is 2.99. The van der Waals surface area contributed by atoms with Crippen LogP contribution in [0.15, 0.2) is 0 Å². The Kier molecular flexibility index (Phi) is 5.65. The fourth-order valence-electron chi connectivity index (χ4n) is 3.05. The van der Waals surface area contributed by atoms with Gasteiger partial charge in [-0.05, 0) is 47.5 Å². The van der Waals surface area contributed by atoms with Crippen LogP contribution < -0.4 is 0 Å². The van der Waals surface area contributed by atoms with Crippen molar-refractivity contribution in [3.63, 3.8) is 0 Å². The Hall–Kier alpha value is -2.18. The van der Waals surface area contributed by atoms with E-state index in [0.29, 0.717) is 30.2 Å². The molecule has 0 atom stereocenters. The number of methoxy groups -OCH3 is 1. The molecular formula is C18H27N3O4. The minimum Gasteiger partial charge on any atom is -0.465 e. The van der Waals surface area contributed by atoms with Gasteiger partial charge >= 0.3 is 12.1 Å². The minimum atomic E-state index is -0.507. The van der Waals surface area contributed by atoms with Gasteiger partial charge in [0.15, 0.2) is 0 Å². The summed E-state index contributed by atoms with van der Waals surface area (Å²) in [6.45, 7) is 10.3. The topological polar surface area (TPSA) is 81.6 Å². The lowest BCUT2D eigenvalue weighted by Crippen LogP contribution is -2.41. The van der Waals surface area contributed by atoms with Gasteiger partial charge < -0.3 is 14.4 Å². The summed E-state index contributed by atoms with van der Waals surface area (Å²) in [6, 6.07) is 0. The van der Waals surface area contributed by atoms with Crippen LogP contribution in [0.3, 0.4) is 0 Å². The molecule has 0 radical (unpaired) electrons. The van der Waals surface area contributed by atoms with Gasteiger partial charge in [-0.3, -0.25) is 0 Å². The van der Waals surface area contributed by atoms with Gasteiger partial charge in [-0.2, -0.15) is 0 Å². The van der Waals surface area contributed by atoms with Crippen LogP contribution in [0.1, 0.15) is 67.1 Å². The van der Waals surface area contributed by atoms with E-state index in [1.807, 2.05) is 27.7 Å². The Morgan fingerprint density at radius 3 is 2.24 bits per heavy atom. The van der Waals surface area contributed by atoms with E-state index in [1.54, 1.807) is 11.8 Å². The number of carbonyl (C=O) groups is 2. The van der Waals surface area contributed by atoms with E-state index in [2.05, 4.69) is 9.97 Å². The monoisotopic (exact) mass is 349 g/mol. The summed E-state index contributed by atoms with van der Waals surface area (Å²) in [6.07, 6.45) is 1.15. The molecule has 0 unspecified atom stereocenters. The van der Waals surface area contributed by atoms with Gasteiger partial charge in [0.2, 0.25) is 0 Å². The van der Waals surface area contributed by atoms with Crippen molar-refractivity contribution in [2.75, 3.05) is 20.2 Å². The normalized spacial score (nSPS) is 15.8. The summed E-state index contributed by atoms with van der Waals surface area (Å²) >= 11 is 0. The molecule has 0 N–H and O–H groups in total. The van der Waals surface area contributed by atoms with E-state index in [1.165, 1.54) is 7.11 Å². The molecule has 0 aliphatic carbocycles. The van der Waals surface area contributed by atoms with Crippen LogP contribution in [0, 0.1) is 13.8 Å². The summed E-state index contributed by atoms with van der Waals surface area (Å²) in [7, 11) is 1.36. The Bertz CT molecular complexity index is 659. The molecule has 2 heterocycles. The van der Waals surface area contributed by atoms with Crippen molar-refractivity contribution in [2.24, 2.45) is 0 Å². The molecule has 0 bridgehead atoms. The Balaban J connectivity index is 2.16. The largest absolute Gasteiger partial charge is 0.465 e. The molecule has 7 heteroatoms. The Morgan fingerprint density at radius 2 is 1.72 bits per heavy atom. The van der Waals surface area contributed by atoms with Gasteiger partial charge in [0.1, 0.15) is 17.0 Å². The van der Waals surface area contributed by atoms with Gasteiger partial charge in [0.25, 0.3) is 0 Å². The zero-order valence-electron chi connectivity index (χ0n) is 15.9. The average Bonchev–Trinajstić information content (AvgIpc) is 2.52. The quantitative estimate of drug-likeness (QED) is 0.764. The number of hydrogen-bond acceptors (Lipinski definition) is 6. The third kappa shape index (κ3) is 4.67. The number of aryl methyl sites for hydroxylation is 2. The standard InChI is InChI=1S/C18H27N3O4/c1-11-14(16(22)24-6)15(20-12(2)19-11)13-7-9-21(10-8-13)17(23)25-18(3,4)5/h13H,7-10H2,1-6H3. The highest BCUT2D eigenvalue weighted by Gasteiger charge is 2.31. The van der Waals surface area contributed by atoms with Crippen molar-refractivity contribution in [2.45, 2.75) is 59.0 Å².